The van der Waals surface area contributed by atoms with Crippen molar-refractivity contribution in [2.45, 2.75) is 5.25 Å². The zero-order valence-electron chi connectivity index (χ0n) is 7.46. The smallest absolute Gasteiger partial charge is 0.194 e. The first-order valence-electron chi connectivity index (χ1n) is 4.09. The van der Waals surface area contributed by atoms with E-state index in [0.717, 1.165) is 0 Å². The molecule has 0 bridgehead atoms. The molecule has 0 atom stereocenters. The summed E-state index contributed by atoms with van der Waals surface area (Å²) in [6.07, 6.45) is 0. The molecule has 2 heterocycles. The van der Waals surface area contributed by atoms with Crippen molar-refractivity contribution in [3.63, 3.8) is 0 Å². The van der Waals surface area contributed by atoms with Gasteiger partial charge in [-0.1, -0.05) is 12.1 Å². The van der Waals surface area contributed by atoms with Crippen molar-refractivity contribution in [1.29, 1.82) is 0 Å². The number of hydrogen-bond acceptors (Lipinski definition) is 4. The van der Waals surface area contributed by atoms with E-state index in [1.54, 1.807) is 35.0 Å². The van der Waals surface area contributed by atoms with Gasteiger partial charge in [0.05, 0.1) is 0 Å². The van der Waals surface area contributed by atoms with Gasteiger partial charge in [-0.05, 0) is 22.9 Å². The molecule has 2 aromatic heterocycles. The van der Waals surface area contributed by atoms with Gasteiger partial charge in [-0.2, -0.15) is 8.42 Å². The Hall–Kier alpha value is -0.720. The Morgan fingerprint density at radius 3 is 1.80 bits per heavy atom. The van der Waals surface area contributed by atoms with Gasteiger partial charge in [-0.15, -0.1) is 26.6 Å². The molecule has 0 amide bonds. The van der Waals surface area contributed by atoms with Crippen LogP contribution in [0, 0.1) is 0 Å². The zero-order valence-corrected chi connectivity index (χ0v) is 9.91. The Bertz CT molecular complexity index is 479. The van der Waals surface area contributed by atoms with Crippen LogP contribution in [-0.4, -0.2) is 8.42 Å². The lowest BCUT2D eigenvalue weighted by atomic mass is 10.3. The lowest BCUT2D eigenvalue weighted by Crippen LogP contribution is -2.06. The van der Waals surface area contributed by atoms with Crippen LogP contribution in [0.4, 0.5) is 3.89 Å². The molecule has 0 radical (unpaired) electrons. The molecule has 0 saturated carbocycles. The second-order valence-electron chi connectivity index (χ2n) is 2.89. The van der Waals surface area contributed by atoms with E-state index in [1.807, 2.05) is 0 Å². The fourth-order valence-corrected chi connectivity index (χ4v) is 4.55. The van der Waals surface area contributed by atoms with Crippen LogP contribution in [0.15, 0.2) is 35.0 Å². The fraction of sp³-hybridized carbons (Fsp3) is 0.111. The van der Waals surface area contributed by atoms with E-state index >= 15 is 0 Å². The molecule has 0 N–H and O–H groups in total. The molecule has 0 aliphatic rings. The molecule has 80 valence electrons. The van der Waals surface area contributed by atoms with Crippen molar-refractivity contribution >= 4 is 32.9 Å². The predicted molar refractivity (Wildman–Crippen MR) is 60.5 cm³/mol. The minimum atomic E-state index is -4.59. The predicted octanol–water partition coefficient (Wildman–Crippen LogP) is 3.20. The molecule has 2 rings (SSSR count). The molecule has 2 nitrogen and oxygen atoms in total. The van der Waals surface area contributed by atoms with Gasteiger partial charge in [0, 0.05) is 9.75 Å². The highest BCUT2D eigenvalue weighted by atomic mass is 32.3. The van der Waals surface area contributed by atoms with E-state index in [4.69, 9.17) is 0 Å². The summed E-state index contributed by atoms with van der Waals surface area (Å²) in [6, 6.07) is 6.69. The summed E-state index contributed by atoms with van der Waals surface area (Å²) in [6.45, 7) is 0. The summed E-state index contributed by atoms with van der Waals surface area (Å²) < 4.78 is 35.3. The molecular weight excluding hydrogens is 255 g/mol. The molecule has 0 aliphatic heterocycles. The van der Waals surface area contributed by atoms with Gasteiger partial charge in [0.15, 0.2) is 5.25 Å². The van der Waals surface area contributed by atoms with Gasteiger partial charge >= 0.3 is 10.2 Å². The molecule has 0 aromatic carbocycles. The van der Waals surface area contributed by atoms with Crippen molar-refractivity contribution in [3.05, 3.63) is 44.8 Å². The van der Waals surface area contributed by atoms with Gasteiger partial charge in [-0.25, -0.2) is 0 Å². The monoisotopic (exact) mass is 262 g/mol. The maximum Gasteiger partial charge on any atom is 0.315 e. The minimum absolute atomic E-state index is 0.514. The summed E-state index contributed by atoms with van der Waals surface area (Å²) in [4.78, 5) is 1.03. The molecule has 0 saturated heterocycles. The Morgan fingerprint density at radius 2 is 1.53 bits per heavy atom. The first-order valence-corrected chi connectivity index (χ1v) is 7.30. The standard InChI is InChI=1S/C9H7FO2S3/c10-15(11,12)9(7-3-1-5-13-7)8-4-2-6-14-8/h1-6,9H. The maximum atomic E-state index is 13.2. The lowest BCUT2D eigenvalue weighted by Gasteiger charge is -2.07. The van der Waals surface area contributed by atoms with Crippen molar-refractivity contribution in [2.24, 2.45) is 0 Å². The second-order valence-corrected chi connectivity index (χ2v) is 6.27. The van der Waals surface area contributed by atoms with E-state index in [9.17, 15) is 12.3 Å². The van der Waals surface area contributed by atoms with E-state index in [2.05, 4.69) is 0 Å². The summed E-state index contributed by atoms with van der Waals surface area (Å²) in [7, 11) is -4.59. The molecule has 2 aromatic rings. The summed E-state index contributed by atoms with van der Waals surface area (Å²) >= 11 is 2.49. The van der Waals surface area contributed by atoms with Crippen molar-refractivity contribution < 1.29 is 12.3 Å². The molecule has 0 fully saturated rings. The first-order chi connectivity index (χ1) is 7.09. The summed E-state index contributed by atoms with van der Waals surface area (Å²) in [5, 5.41) is 2.32. The van der Waals surface area contributed by atoms with E-state index in [0.29, 0.717) is 9.75 Å². The van der Waals surface area contributed by atoms with Crippen molar-refractivity contribution in [2.75, 3.05) is 0 Å². The Morgan fingerprint density at radius 1 is 1.07 bits per heavy atom. The quantitative estimate of drug-likeness (QED) is 0.796. The summed E-state index contributed by atoms with van der Waals surface area (Å²) in [5.41, 5.74) is 0. The van der Waals surface area contributed by atoms with Gasteiger partial charge in [0.2, 0.25) is 0 Å². The maximum absolute atomic E-state index is 13.2. The SMILES string of the molecule is O=S(=O)(F)C(c1cccs1)c1cccs1. The highest BCUT2D eigenvalue weighted by molar-refractivity contribution is 7.87. The third-order valence-electron chi connectivity index (χ3n) is 1.88. The lowest BCUT2D eigenvalue weighted by molar-refractivity contribution is 0.545. The largest absolute Gasteiger partial charge is 0.315 e. The topological polar surface area (TPSA) is 34.1 Å². The van der Waals surface area contributed by atoms with Crippen LogP contribution < -0.4 is 0 Å². The van der Waals surface area contributed by atoms with Gasteiger partial charge in [-0.3, -0.25) is 0 Å². The molecule has 0 unspecified atom stereocenters. The van der Waals surface area contributed by atoms with Gasteiger partial charge in [0.1, 0.15) is 0 Å². The Balaban J connectivity index is 2.52. The molecule has 0 spiro atoms. The third-order valence-corrected chi connectivity index (χ3v) is 5.13. The summed E-state index contributed by atoms with van der Waals surface area (Å²) in [5.74, 6) is 0. The Labute approximate surface area is 95.2 Å². The minimum Gasteiger partial charge on any atom is -0.194 e. The van der Waals surface area contributed by atoms with Crippen LogP contribution in [0.1, 0.15) is 15.0 Å². The van der Waals surface area contributed by atoms with Crippen LogP contribution >= 0.6 is 22.7 Å². The fourth-order valence-electron chi connectivity index (χ4n) is 1.30. The van der Waals surface area contributed by atoms with Gasteiger partial charge in [0.25, 0.3) is 0 Å². The van der Waals surface area contributed by atoms with Crippen LogP contribution in [0.5, 0.6) is 0 Å². The number of hydrogen-bond donors (Lipinski definition) is 0. The highest BCUT2D eigenvalue weighted by Gasteiger charge is 2.30. The first kappa shape index (κ1) is 10.8. The highest BCUT2D eigenvalue weighted by Crippen LogP contribution is 2.36. The van der Waals surface area contributed by atoms with E-state index < -0.39 is 15.5 Å². The molecular formula is C9H7FO2S3. The molecule has 15 heavy (non-hydrogen) atoms. The van der Waals surface area contributed by atoms with Crippen molar-refractivity contribution in [1.82, 2.24) is 0 Å². The average Bonchev–Trinajstić information content (AvgIpc) is 2.73. The second kappa shape index (κ2) is 4.03. The zero-order chi connectivity index (χ0) is 10.9. The normalized spacial score (nSPS) is 12.1. The number of rotatable bonds is 3. The van der Waals surface area contributed by atoms with Crippen LogP contribution in [-0.2, 0) is 10.2 Å². The van der Waals surface area contributed by atoms with Crippen LogP contribution in [0.25, 0.3) is 0 Å². The molecule has 6 heteroatoms. The van der Waals surface area contributed by atoms with Crippen LogP contribution in [0.3, 0.4) is 0 Å². The van der Waals surface area contributed by atoms with E-state index in [1.165, 1.54) is 22.7 Å². The number of thiophene rings is 2. The molecule has 0 aliphatic carbocycles. The Kier molecular flexibility index (Phi) is 2.90. The van der Waals surface area contributed by atoms with Gasteiger partial charge < -0.3 is 0 Å². The van der Waals surface area contributed by atoms with Crippen molar-refractivity contribution in [3.8, 4) is 0 Å². The number of halogens is 1. The van der Waals surface area contributed by atoms with Crippen LogP contribution in [0.2, 0.25) is 0 Å². The van der Waals surface area contributed by atoms with E-state index in [-0.39, 0.29) is 0 Å². The average molecular weight is 262 g/mol. The third kappa shape index (κ3) is 2.27.